The number of nitrogens with zero attached hydrogens (tertiary/aromatic N) is 2. The Kier molecular flexibility index (Phi) is 3.62. The van der Waals surface area contributed by atoms with Crippen LogP contribution in [-0.2, 0) is 13.6 Å². The highest BCUT2D eigenvalue weighted by Crippen LogP contribution is 2.03. The Hall–Kier alpha value is -0.910. The zero-order valence-electron chi connectivity index (χ0n) is 8.56. The topological polar surface area (TPSA) is 70.3 Å². The minimum absolute atomic E-state index is 0.0935. The molecule has 0 saturated heterocycles. The average Bonchev–Trinajstić information content (AvgIpc) is 2.61. The predicted molar refractivity (Wildman–Crippen MR) is 52.6 cm³/mol. The van der Waals surface area contributed by atoms with Gasteiger partial charge in [-0.05, 0) is 6.92 Å². The van der Waals surface area contributed by atoms with Gasteiger partial charge >= 0.3 is 0 Å². The summed E-state index contributed by atoms with van der Waals surface area (Å²) in [4.78, 5) is 0. The number of hydrogen-bond donors (Lipinski definition) is 3. The molecular formula is C9H17N3O2. The van der Waals surface area contributed by atoms with Crippen LogP contribution in [0.4, 0.5) is 0 Å². The standard InChI is InChI=1S/C9H17N3O2/c1-9(6-13,7-14)10-3-8-4-11-12(2)5-8/h4-5,10,13-14H,3,6-7H2,1-2H3. The molecule has 0 unspecified atom stereocenters. The third kappa shape index (κ3) is 2.80. The first-order valence-electron chi connectivity index (χ1n) is 4.54. The second-order valence-electron chi connectivity index (χ2n) is 3.75. The molecule has 1 rings (SSSR count). The van der Waals surface area contributed by atoms with Gasteiger partial charge in [0.15, 0.2) is 0 Å². The van der Waals surface area contributed by atoms with E-state index in [1.54, 1.807) is 17.8 Å². The predicted octanol–water partition coefficient (Wildman–Crippen LogP) is -0.747. The van der Waals surface area contributed by atoms with Crippen molar-refractivity contribution in [3.8, 4) is 0 Å². The monoisotopic (exact) mass is 199 g/mol. The SMILES string of the molecule is Cn1cc(CNC(C)(CO)CO)cn1. The molecule has 0 aromatic carbocycles. The van der Waals surface area contributed by atoms with E-state index in [4.69, 9.17) is 10.2 Å². The molecule has 0 spiro atoms. The molecule has 0 aliphatic heterocycles. The normalized spacial score (nSPS) is 12.0. The first-order chi connectivity index (χ1) is 6.59. The largest absolute Gasteiger partial charge is 0.394 e. The van der Waals surface area contributed by atoms with Crippen LogP contribution in [0, 0.1) is 0 Å². The first kappa shape index (κ1) is 11.2. The molecule has 5 heteroatoms. The van der Waals surface area contributed by atoms with Crippen LogP contribution in [0.2, 0.25) is 0 Å². The van der Waals surface area contributed by atoms with E-state index in [0.29, 0.717) is 6.54 Å². The Morgan fingerprint density at radius 1 is 1.50 bits per heavy atom. The molecule has 1 aromatic heterocycles. The van der Waals surface area contributed by atoms with E-state index in [2.05, 4.69) is 10.4 Å². The number of aliphatic hydroxyl groups is 2. The van der Waals surface area contributed by atoms with Gasteiger partial charge in [-0.1, -0.05) is 0 Å². The highest BCUT2D eigenvalue weighted by molar-refractivity contribution is 5.04. The van der Waals surface area contributed by atoms with E-state index in [1.807, 2.05) is 13.2 Å². The molecule has 0 saturated carbocycles. The fraction of sp³-hybridized carbons (Fsp3) is 0.667. The summed E-state index contributed by atoms with van der Waals surface area (Å²) < 4.78 is 1.71. The number of rotatable bonds is 5. The lowest BCUT2D eigenvalue weighted by Crippen LogP contribution is -2.48. The lowest BCUT2D eigenvalue weighted by Gasteiger charge is -2.25. The molecular weight excluding hydrogens is 182 g/mol. The molecule has 0 aliphatic rings. The Morgan fingerprint density at radius 2 is 2.14 bits per heavy atom. The van der Waals surface area contributed by atoms with Gasteiger partial charge in [-0.3, -0.25) is 4.68 Å². The van der Waals surface area contributed by atoms with E-state index in [-0.39, 0.29) is 13.2 Å². The Bertz CT molecular complexity index is 281. The highest BCUT2D eigenvalue weighted by Gasteiger charge is 2.21. The molecule has 0 radical (unpaired) electrons. The van der Waals surface area contributed by atoms with Crippen LogP contribution in [0.1, 0.15) is 12.5 Å². The van der Waals surface area contributed by atoms with Crippen molar-refractivity contribution in [1.82, 2.24) is 15.1 Å². The average molecular weight is 199 g/mol. The first-order valence-corrected chi connectivity index (χ1v) is 4.54. The summed E-state index contributed by atoms with van der Waals surface area (Å²) in [5.41, 5.74) is 0.399. The molecule has 0 aliphatic carbocycles. The third-order valence-corrected chi connectivity index (χ3v) is 2.18. The summed E-state index contributed by atoms with van der Waals surface area (Å²) in [5.74, 6) is 0. The van der Waals surface area contributed by atoms with Gasteiger partial charge in [-0.25, -0.2) is 0 Å². The molecule has 0 bridgehead atoms. The van der Waals surface area contributed by atoms with Crippen LogP contribution in [0.15, 0.2) is 12.4 Å². The van der Waals surface area contributed by atoms with Crippen molar-refractivity contribution in [1.29, 1.82) is 0 Å². The van der Waals surface area contributed by atoms with E-state index >= 15 is 0 Å². The molecule has 3 N–H and O–H groups in total. The van der Waals surface area contributed by atoms with E-state index in [9.17, 15) is 0 Å². The zero-order valence-corrected chi connectivity index (χ0v) is 8.56. The number of hydrogen-bond acceptors (Lipinski definition) is 4. The van der Waals surface area contributed by atoms with Crippen molar-refractivity contribution < 1.29 is 10.2 Å². The van der Waals surface area contributed by atoms with Gasteiger partial charge in [0.25, 0.3) is 0 Å². The van der Waals surface area contributed by atoms with Crippen LogP contribution < -0.4 is 5.32 Å². The summed E-state index contributed by atoms with van der Waals surface area (Å²) in [7, 11) is 1.85. The fourth-order valence-corrected chi connectivity index (χ4v) is 1.04. The maximum absolute atomic E-state index is 9.03. The van der Waals surface area contributed by atoms with Gasteiger partial charge in [0.2, 0.25) is 0 Å². The Balaban J connectivity index is 2.47. The number of aliphatic hydroxyl groups excluding tert-OH is 2. The molecule has 0 fully saturated rings. The molecule has 0 atom stereocenters. The number of aromatic nitrogens is 2. The smallest absolute Gasteiger partial charge is 0.0633 e. The molecule has 1 aromatic rings. The Labute approximate surface area is 83.4 Å². The molecule has 1 heterocycles. The molecule has 80 valence electrons. The lowest BCUT2D eigenvalue weighted by molar-refractivity contribution is 0.103. The van der Waals surface area contributed by atoms with E-state index in [0.717, 1.165) is 5.56 Å². The summed E-state index contributed by atoms with van der Waals surface area (Å²) in [6, 6.07) is 0. The van der Waals surface area contributed by atoms with Crippen molar-refractivity contribution >= 4 is 0 Å². The maximum Gasteiger partial charge on any atom is 0.0633 e. The number of aryl methyl sites for hydroxylation is 1. The summed E-state index contributed by atoms with van der Waals surface area (Å²) >= 11 is 0. The van der Waals surface area contributed by atoms with Gasteiger partial charge in [-0.2, -0.15) is 5.10 Å². The van der Waals surface area contributed by atoms with E-state index in [1.165, 1.54) is 0 Å². The van der Waals surface area contributed by atoms with Crippen molar-refractivity contribution in [2.45, 2.75) is 19.0 Å². The van der Waals surface area contributed by atoms with Crippen LogP contribution in [0.3, 0.4) is 0 Å². The van der Waals surface area contributed by atoms with Gasteiger partial charge in [-0.15, -0.1) is 0 Å². The highest BCUT2D eigenvalue weighted by atomic mass is 16.3. The van der Waals surface area contributed by atoms with Gasteiger partial charge in [0, 0.05) is 25.4 Å². The quantitative estimate of drug-likeness (QED) is 0.584. The second-order valence-corrected chi connectivity index (χ2v) is 3.75. The van der Waals surface area contributed by atoms with Crippen LogP contribution in [0.5, 0.6) is 0 Å². The minimum atomic E-state index is -0.629. The van der Waals surface area contributed by atoms with Crippen molar-refractivity contribution in [3.05, 3.63) is 18.0 Å². The zero-order chi connectivity index (χ0) is 10.6. The van der Waals surface area contributed by atoms with Crippen LogP contribution >= 0.6 is 0 Å². The second kappa shape index (κ2) is 4.54. The lowest BCUT2D eigenvalue weighted by atomic mass is 10.1. The Morgan fingerprint density at radius 3 is 2.57 bits per heavy atom. The summed E-state index contributed by atoms with van der Waals surface area (Å²) in [5, 5.41) is 25.1. The molecule has 0 amide bonds. The van der Waals surface area contributed by atoms with Gasteiger partial charge in [0.1, 0.15) is 0 Å². The summed E-state index contributed by atoms with van der Waals surface area (Å²) in [6.45, 7) is 2.17. The molecule has 5 nitrogen and oxygen atoms in total. The van der Waals surface area contributed by atoms with Crippen molar-refractivity contribution in [2.75, 3.05) is 13.2 Å². The minimum Gasteiger partial charge on any atom is -0.394 e. The van der Waals surface area contributed by atoms with E-state index < -0.39 is 5.54 Å². The third-order valence-electron chi connectivity index (χ3n) is 2.18. The maximum atomic E-state index is 9.03. The molecule has 14 heavy (non-hydrogen) atoms. The van der Waals surface area contributed by atoms with Gasteiger partial charge < -0.3 is 15.5 Å². The number of nitrogens with one attached hydrogen (secondary N) is 1. The van der Waals surface area contributed by atoms with Crippen molar-refractivity contribution in [3.63, 3.8) is 0 Å². The summed E-state index contributed by atoms with van der Waals surface area (Å²) in [6.07, 6.45) is 3.64. The van der Waals surface area contributed by atoms with Crippen LogP contribution in [-0.4, -0.2) is 38.7 Å². The van der Waals surface area contributed by atoms with Crippen molar-refractivity contribution in [2.24, 2.45) is 7.05 Å². The fourth-order valence-electron chi connectivity index (χ4n) is 1.04. The van der Waals surface area contributed by atoms with Gasteiger partial charge in [0.05, 0.1) is 24.9 Å². The van der Waals surface area contributed by atoms with Crippen LogP contribution in [0.25, 0.3) is 0 Å².